The fraction of sp³-hybridized carbons (Fsp3) is 0.192. The third-order valence-electron chi connectivity index (χ3n) is 5.84. The predicted octanol–water partition coefficient (Wildman–Crippen LogP) is 5.39. The van der Waals surface area contributed by atoms with Crippen molar-refractivity contribution in [2.45, 2.75) is 19.9 Å². The van der Waals surface area contributed by atoms with Crippen molar-refractivity contribution >= 4 is 49.5 Å². The number of carbonyl (C=O) groups excluding carboxylic acids is 1. The minimum absolute atomic E-state index is 0.350. The molecule has 0 spiro atoms. The minimum atomic E-state index is -0.391. The molecule has 0 aliphatic carbocycles. The second-order valence-corrected chi connectivity index (χ2v) is 9.55. The number of nitrogens with zero attached hydrogens (tertiary/aromatic N) is 3. The highest BCUT2D eigenvalue weighted by atomic mass is 32.1. The molecule has 3 heterocycles. The van der Waals surface area contributed by atoms with Crippen molar-refractivity contribution in [1.82, 2.24) is 14.9 Å². The zero-order valence-corrected chi connectivity index (χ0v) is 20.2. The standard InChI is InChI=1S/C26H24FN5O2S/c1-15-19(11-12-32(2)14-16-3-9-22-20(13-16)29-26(28)35-22)24-21(34-15)8-10-23(30-24)31-25(33)17-4-6-18(27)7-5-17/h3-10,13H,11-12,14H2,1-2H3,(H2,28,29)(H,30,31,33). The lowest BCUT2D eigenvalue weighted by atomic mass is 10.1. The van der Waals surface area contributed by atoms with Crippen LogP contribution in [0.25, 0.3) is 21.3 Å². The molecule has 0 radical (unpaired) electrons. The number of nitrogens with one attached hydrogen (secondary N) is 1. The van der Waals surface area contributed by atoms with E-state index in [0.29, 0.717) is 22.1 Å². The van der Waals surface area contributed by atoms with Gasteiger partial charge >= 0.3 is 0 Å². The number of nitrogens with two attached hydrogens (primary N) is 1. The summed E-state index contributed by atoms with van der Waals surface area (Å²) >= 11 is 1.49. The van der Waals surface area contributed by atoms with E-state index in [-0.39, 0.29) is 5.91 Å². The van der Waals surface area contributed by atoms with Gasteiger partial charge in [-0.3, -0.25) is 4.79 Å². The second-order valence-electron chi connectivity index (χ2n) is 8.48. The number of aryl methyl sites for hydroxylation is 1. The van der Waals surface area contributed by atoms with E-state index in [1.807, 2.05) is 6.92 Å². The first-order valence-electron chi connectivity index (χ1n) is 11.1. The topological polar surface area (TPSA) is 97.3 Å². The molecule has 5 rings (SSSR count). The average molecular weight is 490 g/mol. The molecule has 1 amide bonds. The van der Waals surface area contributed by atoms with Gasteiger partial charge in [-0.05, 0) is 74.5 Å². The number of fused-ring (bicyclic) bond motifs is 2. The molecule has 0 fully saturated rings. The highest BCUT2D eigenvalue weighted by Crippen LogP contribution is 2.27. The van der Waals surface area contributed by atoms with Crippen molar-refractivity contribution in [1.29, 1.82) is 0 Å². The van der Waals surface area contributed by atoms with Crippen LogP contribution in [-0.2, 0) is 13.0 Å². The molecule has 0 aliphatic rings. The molecule has 35 heavy (non-hydrogen) atoms. The number of nitrogen functional groups attached to an aromatic ring is 1. The molecule has 0 saturated heterocycles. The van der Waals surface area contributed by atoms with Crippen molar-refractivity contribution in [3.63, 3.8) is 0 Å². The maximum atomic E-state index is 13.1. The van der Waals surface area contributed by atoms with Gasteiger partial charge in [0.15, 0.2) is 10.7 Å². The van der Waals surface area contributed by atoms with E-state index in [1.54, 1.807) is 12.1 Å². The van der Waals surface area contributed by atoms with E-state index in [1.165, 1.54) is 41.2 Å². The van der Waals surface area contributed by atoms with E-state index >= 15 is 0 Å². The Morgan fingerprint density at radius 1 is 1.14 bits per heavy atom. The number of anilines is 2. The molecule has 7 nitrogen and oxygen atoms in total. The van der Waals surface area contributed by atoms with Crippen molar-refractivity contribution in [3.05, 3.63) is 82.9 Å². The number of rotatable bonds is 7. The molecule has 0 aliphatic heterocycles. The quantitative estimate of drug-likeness (QED) is 0.318. The van der Waals surface area contributed by atoms with Gasteiger partial charge in [-0.25, -0.2) is 14.4 Å². The van der Waals surface area contributed by atoms with Crippen LogP contribution in [-0.4, -0.2) is 34.4 Å². The largest absolute Gasteiger partial charge is 0.459 e. The van der Waals surface area contributed by atoms with Crippen LogP contribution in [0.1, 0.15) is 27.2 Å². The lowest BCUT2D eigenvalue weighted by Crippen LogP contribution is -2.21. The van der Waals surface area contributed by atoms with Crippen molar-refractivity contribution in [2.24, 2.45) is 0 Å². The van der Waals surface area contributed by atoms with E-state index in [0.717, 1.165) is 46.6 Å². The van der Waals surface area contributed by atoms with E-state index in [9.17, 15) is 9.18 Å². The van der Waals surface area contributed by atoms with Crippen molar-refractivity contribution in [3.8, 4) is 0 Å². The zero-order valence-electron chi connectivity index (χ0n) is 19.3. The summed E-state index contributed by atoms with van der Waals surface area (Å²) in [5.41, 5.74) is 10.7. The number of amides is 1. The van der Waals surface area contributed by atoms with Crippen LogP contribution < -0.4 is 11.1 Å². The molecule has 3 N–H and O–H groups in total. The number of pyridine rings is 1. The van der Waals surface area contributed by atoms with Gasteiger partial charge in [0.1, 0.15) is 22.9 Å². The Kier molecular flexibility index (Phi) is 6.19. The maximum Gasteiger partial charge on any atom is 0.256 e. The van der Waals surface area contributed by atoms with Crippen LogP contribution in [0.2, 0.25) is 0 Å². The van der Waals surface area contributed by atoms with Gasteiger partial charge in [0.05, 0.1) is 10.2 Å². The fourth-order valence-electron chi connectivity index (χ4n) is 4.07. The first-order valence-corrected chi connectivity index (χ1v) is 12.0. The van der Waals surface area contributed by atoms with Crippen LogP contribution in [0.5, 0.6) is 0 Å². The number of carbonyl (C=O) groups is 1. The maximum absolute atomic E-state index is 13.1. The third-order valence-corrected chi connectivity index (χ3v) is 6.71. The summed E-state index contributed by atoms with van der Waals surface area (Å²) in [6.45, 7) is 3.49. The number of thiazole rings is 1. The lowest BCUT2D eigenvalue weighted by Gasteiger charge is -2.16. The van der Waals surface area contributed by atoms with Gasteiger partial charge in [0.25, 0.3) is 5.91 Å². The number of likely N-dealkylation sites (N-methyl/N-ethyl adjacent to an activating group) is 1. The Bertz CT molecular complexity index is 1530. The summed E-state index contributed by atoms with van der Waals surface area (Å²) < 4.78 is 20.1. The molecular formula is C26H24FN5O2S. The molecule has 9 heteroatoms. The molecule has 2 aromatic carbocycles. The van der Waals surface area contributed by atoms with Gasteiger partial charge in [-0.15, -0.1) is 0 Å². The predicted molar refractivity (Wildman–Crippen MR) is 137 cm³/mol. The molecular weight excluding hydrogens is 465 g/mol. The zero-order chi connectivity index (χ0) is 24.5. The third kappa shape index (κ3) is 5.01. The van der Waals surface area contributed by atoms with E-state index in [4.69, 9.17) is 10.2 Å². The van der Waals surface area contributed by atoms with Gasteiger partial charge < -0.3 is 20.4 Å². The highest BCUT2D eigenvalue weighted by Gasteiger charge is 2.15. The molecule has 0 unspecified atom stereocenters. The molecule has 0 saturated carbocycles. The molecule has 0 atom stereocenters. The monoisotopic (exact) mass is 489 g/mol. The van der Waals surface area contributed by atoms with Crippen LogP contribution in [0.4, 0.5) is 15.3 Å². The smallest absolute Gasteiger partial charge is 0.256 e. The molecule has 3 aromatic heterocycles. The molecule has 5 aromatic rings. The van der Waals surface area contributed by atoms with Crippen LogP contribution >= 0.6 is 11.3 Å². The SMILES string of the molecule is Cc1oc2ccc(NC(=O)c3ccc(F)cc3)nc2c1CCN(C)Cc1ccc2sc(N)nc2c1. The average Bonchev–Trinajstić information content (AvgIpc) is 3.35. The van der Waals surface area contributed by atoms with Crippen LogP contribution in [0, 0.1) is 12.7 Å². The first kappa shape index (κ1) is 22.9. The minimum Gasteiger partial charge on any atom is -0.459 e. The normalized spacial score (nSPS) is 11.5. The molecule has 0 bridgehead atoms. The summed E-state index contributed by atoms with van der Waals surface area (Å²) in [4.78, 5) is 23.8. The number of aromatic nitrogens is 2. The lowest BCUT2D eigenvalue weighted by molar-refractivity contribution is 0.102. The Morgan fingerprint density at radius 2 is 1.94 bits per heavy atom. The second kappa shape index (κ2) is 9.44. The number of hydrogen-bond acceptors (Lipinski definition) is 7. The van der Waals surface area contributed by atoms with E-state index in [2.05, 4.69) is 45.4 Å². The number of hydrogen-bond donors (Lipinski definition) is 2. The first-order chi connectivity index (χ1) is 16.9. The summed E-state index contributed by atoms with van der Waals surface area (Å²) in [5, 5.41) is 3.36. The van der Waals surface area contributed by atoms with Crippen LogP contribution in [0.15, 0.2) is 59.0 Å². The number of furan rings is 1. The number of benzene rings is 2. The van der Waals surface area contributed by atoms with Gasteiger partial charge in [-0.2, -0.15) is 0 Å². The van der Waals surface area contributed by atoms with E-state index < -0.39 is 5.82 Å². The number of halogens is 1. The van der Waals surface area contributed by atoms with Gasteiger partial charge in [-0.1, -0.05) is 17.4 Å². The molecule has 178 valence electrons. The Hall–Kier alpha value is -3.82. The van der Waals surface area contributed by atoms with Crippen molar-refractivity contribution < 1.29 is 13.6 Å². The van der Waals surface area contributed by atoms with Gasteiger partial charge in [0.2, 0.25) is 0 Å². The summed E-state index contributed by atoms with van der Waals surface area (Å²) in [7, 11) is 2.07. The fourth-order valence-corrected chi connectivity index (χ4v) is 4.79. The Morgan fingerprint density at radius 3 is 2.74 bits per heavy atom. The summed E-state index contributed by atoms with van der Waals surface area (Å²) in [6, 6.07) is 15.1. The van der Waals surface area contributed by atoms with Crippen LogP contribution in [0.3, 0.4) is 0 Å². The highest BCUT2D eigenvalue weighted by molar-refractivity contribution is 7.22. The van der Waals surface area contributed by atoms with Crippen molar-refractivity contribution in [2.75, 3.05) is 24.6 Å². The Labute approximate surface area is 205 Å². The Balaban J connectivity index is 1.28. The summed E-state index contributed by atoms with van der Waals surface area (Å²) in [5.74, 6) is 0.482. The summed E-state index contributed by atoms with van der Waals surface area (Å²) in [6.07, 6.45) is 0.740. The van der Waals surface area contributed by atoms with Gasteiger partial charge in [0, 0.05) is 24.2 Å².